The maximum absolute atomic E-state index is 14.1. The summed E-state index contributed by atoms with van der Waals surface area (Å²) in [6.45, 7) is 3.38. The number of pyridine rings is 1. The van der Waals surface area contributed by atoms with Gasteiger partial charge in [-0.15, -0.1) is 0 Å². The molecule has 2 aliphatic heterocycles. The zero-order valence-corrected chi connectivity index (χ0v) is 28.1. The van der Waals surface area contributed by atoms with Crippen molar-refractivity contribution in [3.8, 4) is 28.1 Å². The van der Waals surface area contributed by atoms with Gasteiger partial charge in [0, 0.05) is 23.4 Å². The third-order valence-electron chi connectivity index (χ3n) is 9.30. The second kappa shape index (κ2) is 13.0. The lowest BCUT2D eigenvalue weighted by Gasteiger charge is -2.28. The lowest BCUT2D eigenvalue weighted by Crippen LogP contribution is -2.31. The number of fused-ring (bicyclic) bond motifs is 1. The molecule has 2 aliphatic rings. The van der Waals surface area contributed by atoms with Crippen LogP contribution in [0.1, 0.15) is 73.4 Å². The van der Waals surface area contributed by atoms with Crippen LogP contribution in [0.25, 0.3) is 22.3 Å². The normalized spacial score (nSPS) is 19.3. The number of hydrogen-bond donors (Lipinski definition) is 1. The minimum Gasteiger partial charge on any atom is -0.481 e. The Morgan fingerprint density at radius 1 is 0.827 bits per heavy atom. The van der Waals surface area contributed by atoms with Crippen molar-refractivity contribution in [1.82, 2.24) is 9.88 Å². The number of ether oxygens (including phenoxy) is 1. The Hall–Kier alpha value is -4.73. The molecule has 0 spiro atoms. The topological polar surface area (TPSA) is 79.7 Å². The maximum atomic E-state index is 14.1. The van der Waals surface area contributed by atoms with E-state index in [1.54, 1.807) is 19.9 Å². The van der Waals surface area contributed by atoms with Crippen LogP contribution in [0.3, 0.4) is 0 Å². The Bertz CT molecular complexity index is 2040. The highest BCUT2D eigenvalue weighted by Gasteiger charge is 2.51. The summed E-state index contributed by atoms with van der Waals surface area (Å²) in [5.41, 5.74) is -1.74. The zero-order chi connectivity index (χ0) is 38.1. The van der Waals surface area contributed by atoms with Crippen molar-refractivity contribution in [3.63, 3.8) is 0 Å². The number of hydrogen-bond acceptors (Lipinski definition) is 5. The van der Waals surface area contributed by atoms with Crippen LogP contribution in [0, 0.1) is 13.8 Å². The van der Waals surface area contributed by atoms with Crippen molar-refractivity contribution in [2.24, 2.45) is 0 Å². The average Bonchev–Trinajstić information content (AvgIpc) is 3.63. The molecule has 6 nitrogen and oxygen atoms in total. The molecule has 0 unspecified atom stereocenters. The minimum absolute atomic E-state index is 0.00584. The summed E-state index contributed by atoms with van der Waals surface area (Å²) >= 11 is 0.524. The number of benzene rings is 3. The lowest BCUT2D eigenvalue weighted by atomic mass is 9.89. The lowest BCUT2D eigenvalue weighted by molar-refractivity contribution is -0.143. The van der Waals surface area contributed by atoms with E-state index in [2.05, 4.69) is 4.98 Å². The van der Waals surface area contributed by atoms with Gasteiger partial charge < -0.3 is 14.7 Å². The summed E-state index contributed by atoms with van der Waals surface area (Å²) in [4.78, 5) is 30.8. The van der Waals surface area contributed by atoms with Crippen molar-refractivity contribution in [1.29, 1.82) is 0 Å². The summed E-state index contributed by atoms with van der Waals surface area (Å²) in [6.07, 6.45) is -13.5. The van der Waals surface area contributed by atoms with Gasteiger partial charge in [-0.3, -0.25) is 4.79 Å². The number of halogens is 9. The Morgan fingerprint density at radius 3 is 1.96 bits per heavy atom. The van der Waals surface area contributed by atoms with E-state index in [1.165, 1.54) is 36.4 Å². The number of amides is 1. The van der Waals surface area contributed by atoms with E-state index in [4.69, 9.17) is 4.74 Å². The first-order valence-electron chi connectivity index (χ1n) is 15.6. The number of rotatable bonds is 6. The largest absolute Gasteiger partial charge is 0.481 e. The van der Waals surface area contributed by atoms with Crippen molar-refractivity contribution in [3.05, 3.63) is 105 Å². The van der Waals surface area contributed by atoms with Crippen LogP contribution >= 0.6 is 11.8 Å². The van der Waals surface area contributed by atoms with Gasteiger partial charge in [-0.1, -0.05) is 17.8 Å². The summed E-state index contributed by atoms with van der Waals surface area (Å²) in [5, 5.41) is 7.61. The van der Waals surface area contributed by atoms with Crippen molar-refractivity contribution in [2.75, 3.05) is 7.11 Å². The molecule has 0 aliphatic carbocycles. The number of nitrogens with zero attached hydrogens (tertiary/aromatic N) is 2. The fraction of sp³-hybridized carbons (Fsp3) is 0.306. The van der Waals surface area contributed by atoms with E-state index < -0.39 is 63.8 Å². The summed E-state index contributed by atoms with van der Waals surface area (Å²) in [5.74, 6) is -1.12. The molecule has 3 heterocycles. The second-order valence-corrected chi connectivity index (χ2v) is 13.7. The van der Waals surface area contributed by atoms with Crippen molar-refractivity contribution in [2.45, 2.75) is 62.6 Å². The van der Waals surface area contributed by atoms with Crippen LogP contribution in [0.2, 0.25) is 0 Å². The Labute approximate surface area is 294 Å². The molecule has 0 bridgehead atoms. The molecule has 2 fully saturated rings. The number of aromatic carboxylic acids is 1. The zero-order valence-electron chi connectivity index (χ0n) is 27.3. The van der Waals surface area contributed by atoms with Crippen LogP contribution in [-0.4, -0.2) is 39.4 Å². The Morgan fingerprint density at radius 2 is 1.42 bits per heavy atom. The standard InChI is InChI=1S/C36H27F9N2O4S/c1-16-8-19(32(48)49)9-17(2)29(16)20-12-26(31(51-3)46-15-20)24-5-4-21(34(37,38)39)14-25(24)27-6-7-28-30(52-33(50)47(27)28)18-10-22(35(40,41)42)13-23(11-18)36(43,44)45/h4-5,8-15,27-28,30H,6-7H2,1-3H3,(H,48,49)/t27-,28-,30+/m0/s1. The van der Waals surface area contributed by atoms with Crippen LogP contribution in [-0.2, 0) is 18.5 Å². The molecular weight excluding hydrogens is 727 g/mol. The smallest absolute Gasteiger partial charge is 0.416 e. The number of carbonyl (C=O) groups is 2. The molecule has 0 saturated carbocycles. The molecule has 1 amide bonds. The molecule has 1 N–H and O–H groups in total. The number of carboxylic acids is 1. The van der Waals surface area contributed by atoms with Crippen molar-refractivity contribution < 1.29 is 58.9 Å². The van der Waals surface area contributed by atoms with Gasteiger partial charge in [0.1, 0.15) is 0 Å². The number of carbonyl (C=O) groups excluding carboxylic acids is 1. The van der Waals surface area contributed by atoms with Gasteiger partial charge in [0.15, 0.2) is 0 Å². The minimum atomic E-state index is -5.12. The SMILES string of the molecule is COc1ncc(-c2c(C)cc(C(=O)O)cc2C)cc1-c1ccc(C(F)(F)F)cc1[C@@H]1CC[C@H]2[C@@H](c3cc(C(F)(F)F)cc(C(F)(F)F)c3)SC(=O)N12. The molecule has 0 radical (unpaired) electrons. The van der Waals surface area contributed by atoms with Crippen LogP contribution in [0.15, 0.2) is 60.8 Å². The van der Waals surface area contributed by atoms with Gasteiger partial charge >= 0.3 is 24.5 Å². The van der Waals surface area contributed by atoms with Gasteiger partial charge in [0.25, 0.3) is 5.24 Å². The molecule has 1 aromatic heterocycles. The number of alkyl halides is 9. The average molecular weight is 755 g/mol. The van der Waals surface area contributed by atoms with Gasteiger partial charge in [-0.2, -0.15) is 39.5 Å². The van der Waals surface area contributed by atoms with Crippen molar-refractivity contribution >= 4 is 23.0 Å². The molecule has 52 heavy (non-hydrogen) atoms. The summed E-state index contributed by atoms with van der Waals surface area (Å²) < 4.78 is 130. The van der Waals surface area contributed by atoms with Crippen LogP contribution in [0.5, 0.6) is 5.88 Å². The van der Waals surface area contributed by atoms with Gasteiger partial charge in [-0.25, -0.2) is 9.78 Å². The molecule has 3 atom stereocenters. The maximum Gasteiger partial charge on any atom is 0.416 e. The molecule has 3 aromatic carbocycles. The molecule has 274 valence electrons. The number of aryl methyl sites for hydroxylation is 2. The number of methoxy groups -OCH3 is 1. The molecule has 4 aromatic rings. The second-order valence-electron chi connectivity index (χ2n) is 12.6. The first kappa shape index (κ1) is 37.0. The van der Waals surface area contributed by atoms with Crippen LogP contribution < -0.4 is 4.74 Å². The van der Waals surface area contributed by atoms with E-state index in [1.807, 2.05) is 0 Å². The first-order valence-corrected chi connectivity index (χ1v) is 16.5. The highest BCUT2D eigenvalue weighted by atomic mass is 32.2. The number of thioether (sulfide) groups is 1. The third kappa shape index (κ3) is 6.79. The predicted molar refractivity (Wildman–Crippen MR) is 173 cm³/mol. The van der Waals surface area contributed by atoms with E-state index in [9.17, 15) is 54.2 Å². The fourth-order valence-corrected chi connectivity index (χ4v) is 8.43. The Kier molecular flexibility index (Phi) is 9.29. The molecule has 16 heteroatoms. The quantitative estimate of drug-likeness (QED) is 0.198. The van der Waals surface area contributed by atoms with Gasteiger partial charge in [0.2, 0.25) is 5.88 Å². The monoisotopic (exact) mass is 754 g/mol. The predicted octanol–water partition coefficient (Wildman–Crippen LogP) is 10.9. The van der Waals surface area contributed by atoms with E-state index in [0.29, 0.717) is 46.1 Å². The van der Waals surface area contributed by atoms with E-state index in [-0.39, 0.29) is 52.6 Å². The molecule has 2 saturated heterocycles. The molecule has 6 rings (SSSR count). The highest BCUT2D eigenvalue weighted by Crippen LogP contribution is 2.56. The fourth-order valence-electron chi connectivity index (χ4n) is 7.13. The first-order chi connectivity index (χ1) is 24.2. The number of carboxylic acid groups (broad SMARTS) is 1. The van der Waals surface area contributed by atoms with E-state index in [0.717, 1.165) is 12.1 Å². The summed E-state index contributed by atoms with van der Waals surface area (Å²) in [7, 11) is 1.30. The number of aromatic nitrogens is 1. The highest BCUT2D eigenvalue weighted by molar-refractivity contribution is 8.14. The van der Waals surface area contributed by atoms with Crippen LogP contribution in [0.4, 0.5) is 44.3 Å². The van der Waals surface area contributed by atoms with Gasteiger partial charge in [-0.05, 0) is 109 Å². The van der Waals surface area contributed by atoms with Gasteiger partial charge in [0.05, 0.1) is 40.7 Å². The summed E-state index contributed by atoms with van der Waals surface area (Å²) in [6, 6.07) is 6.63. The van der Waals surface area contributed by atoms with E-state index >= 15 is 0 Å². The Balaban J connectivity index is 1.48. The third-order valence-corrected chi connectivity index (χ3v) is 10.5. The molecular formula is C36H27F9N2O4S.